The molecule has 2 aliphatic heterocycles. The van der Waals surface area contributed by atoms with Crippen molar-refractivity contribution in [2.24, 2.45) is 0 Å². The van der Waals surface area contributed by atoms with Gasteiger partial charge in [0.05, 0.1) is 29.5 Å². The van der Waals surface area contributed by atoms with Gasteiger partial charge in [0.1, 0.15) is 5.82 Å². The number of hydrogen-bond acceptors (Lipinski definition) is 7. The van der Waals surface area contributed by atoms with Crippen molar-refractivity contribution in [1.82, 2.24) is 34.7 Å². The molecule has 0 saturated carbocycles. The first-order chi connectivity index (χ1) is 20.6. The van der Waals surface area contributed by atoms with Gasteiger partial charge in [0.15, 0.2) is 0 Å². The average Bonchev–Trinajstić information content (AvgIpc) is 3.67. The lowest BCUT2D eigenvalue weighted by Crippen LogP contribution is -2.52. The minimum Gasteiger partial charge on any atom is -0.415 e. The molecule has 2 saturated heterocycles. The highest BCUT2D eigenvalue weighted by atomic mass is 19.3. The molecule has 10 nitrogen and oxygen atoms in total. The van der Waals surface area contributed by atoms with Crippen LogP contribution in [0.1, 0.15) is 37.6 Å². The molecule has 13 heteroatoms. The number of benzene rings is 2. The van der Waals surface area contributed by atoms with Crippen molar-refractivity contribution in [3.05, 3.63) is 59.9 Å². The molecule has 2 aromatic heterocycles. The molecule has 4 heterocycles. The van der Waals surface area contributed by atoms with Crippen molar-refractivity contribution in [3.63, 3.8) is 0 Å². The molecule has 0 unspecified atom stereocenters. The minimum atomic E-state index is -2.92. The maximum atomic E-state index is 15.6. The van der Waals surface area contributed by atoms with E-state index in [4.69, 9.17) is 9.52 Å². The summed E-state index contributed by atoms with van der Waals surface area (Å²) >= 11 is 0. The van der Waals surface area contributed by atoms with Crippen LogP contribution in [0.25, 0.3) is 22.4 Å². The molecule has 6 rings (SSSR count). The third-order valence-corrected chi connectivity index (χ3v) is 8.72. The lowest BCUT2D eigenvalue weighted by atomic mass is 9.90. The third-order valence-electron chi connectivity index (χ3n) is 8.72. The number of likely N-dealkylation sites (N-methyl/N-ethyl adjacent to an activating group) is 1. The van der Waals surface area contributed by atoms with E-state index in [1.807, 2.05) is 25.2 Å². The molecule has 43 heavy (non-hydrogen) atoms. The van der Waals surface area contributed by atoms with Crippen LogP contribution in [-0.2, 0) is 12.1 Å². The van der Waals surface area contributed by atoms with Crippen LogP contribution in [0.15, 0.2) is 47.0 Å². The predicted molar refractivity (Wildman–Crippen MR) is 155 cm³/mol. The van der Waals surface area contributed by atoms with E-state index in [0.29, 0.717) is 18.8 Å². The van der Waals surface area contributed by atoms with Gasteiger partial charge in [0.25, 0.3) is 5.89 Å². The molecular weight excluding hydrogens is 561 g/mol. The van der Waals surface area contributed by atoms with Crippen LogP contribution >= 0.6 is 0 Å². The molecule has 0 atom stereocenters. The number of halogens is 3. The Morgan fingerprint density at radius 2 is 1.74 bits per heavy atom. The van der Waals surface area contributed by atoms with Gasteiger partial charge in [0, 0.05) is 55.8 Å². The van der Waals surface area contributed by atoms with Crippen LogP contribution in [0, 0.1) is 5.82 Å². The van der Waals surface area contributed by atoms with Gasteiger partial charge in [-0.25, -0.2) is 9.18 Å². The summed E-state index contributed by atoms with van der Waals surface area (Å²) < 4.78 is 48.5. The zero-order chi connectivity index (χ0) is 30.3. The number of aromatic nitrogens is 4. The maximum Gasteiger partial charge on any atom is 0.324 e. The SMILES string of the molecule is CN1CCN(C(=O)N(Cc2ccc(-c3nnc(C(F)F)o3)cc2F)c2cccc3c2cnn3C2(C)CCN(C)CC2)CC1. The number of piperazine rings is 1. The normalized spacial score (nSPS) is 18.1. The highest BCUT2D eigenvalue weighted by Gasteiger charge is 2.34. The van der Waals surface area contributed by atoms with Crippen LogP contribution in [0.5, 0.6) is 0 Å². The molecule has 0 spiro atoms. The Labute approximate surface area is 247 Å². The van der Waals surface area contributed by atoms with Crippen molar-refractivity contribution in [1.29, 1.82) is 0 Å². The van der Waals surface area contributed by atoms with E-state index in [1.165, 1.54) is 12.1 Å². The number of anilines is 1. The highest BCUT2D eigenvalue weighted by Crippen LogP contribution is 2.36. The summed E-state index contributed by atoms with van der Waals surface area (Å²) in [5.74, 6) is -1.65. The number of nitrogens with zero attached hydrogens (tertiary/aromatic N) is 8. The Morgan fingerprint density at radius 1 is 1.02 bits per heavy atom. The van der Waals surface area contributed by atoms with Crippen LogP contribution in [0.2, 0.25) is 0 Å². The van der Waals surface area contributed by atoms with Crippen molar-refractivity contribution >= 4 is 22.6 Å². The highest BCUT2D eigenvalue weighted by molar-refractivity contribution is 6.02. The first-order valence-electron chi connectivity index (χ1n) is 14.4. The van der Waals surface area contributed by atoms with E-state index in [1.54, 1.807) is 16.0 Å². The molecule has 0 radical (unpaired) electrons. The lowest BCUT2D eigenvalue weighted by Gasteiger charge is -2.38. The van der Waals surface area contributed by atoms with Crippen molar-refractivity contribution < 1.29 is 22.4 Å². The molecular formula is C30H35F3N8O2. The summed E-state index contributed by atoms with van der Waals surface area (Å²) in [6.45, 7) is 6.69. The van der Waals surface area contributed by atoms with Gasteiger partial charge in [-0.3, -0.25) is 9.58 Å². The number of amides is 2. The van der Waals surface area contributed by atoms with Crippen LogP contribution < -0.4 is 4.90 Å². The fourth-order valence-corrected chi connectivity index (χ4v) is 5.86. The Morgan fingerprint density at radius 3 is 2.42 bits per heavy atom. The lowest BCUT2D eigenvalue weighted by molar-refractivity contribution is 0.116. The molecule has 0 aliphatic carbocycles. The van der Waals surface area contributed by atoms with Crippen LogP contribution in [-0.4, -0.2) is 94.1 Å². The molecule has 4 aromatic rings. The number of hydrogen-bond donors (Lipinski definition) is 0. The summed E-state index contributed by atoms with van der Waals surface area (Å²) in [5, 5.41) is 12.6. The Balaban J connectivity index is 1.36. The van der Waals surface area contributed by atoms with E-state index < -0.39 is 18.1 Å². The summed E-state index contributed by atoms with van der Waals surface area (Å²) in [6.07, 6.45) is 0.776. The van der Waals surface area contributed by atoms with Crippen LogP contribution in [0.4, 0.5) is 23.7 Å². The zero-order valence-electron chi connectivity index (χ0n) is 24.5. The van der Waals surface area contributed by atoms with Gasteiger partial charge in [0.2, 0.25) is 5.89 Å². The molecule has 0 bridgehead atoms. The van der Waals surface area contributed by atoms with Gasteiger partial charge in [-0.05, 0) is 58.1 Å². The van der Waals surface area contributed by atoms with Gasteiger partial charge in [-0.1, -0.05) is 12.1 Å². The third kappa shape index (κ3) is 5.70. The largest absolute Gasteiger partial charge is 0.415 e. The first-order valence-corrected chi connectivity index (χ1v) is 14.4. The smallest absolute Gasteiger partial charge is 0.324 e. The Bertz CT molecular complexity index is 1610. The molecule has 2 amide bonds. The van der Waals surface area contributed by atoms with Crippen molar-refractivity contribution in [2.45, 2.75) is 38.3 Å². The van der Waals surface area contributed by atoms with E-state index >= 15 is 4.39 Å². The molecule has 2 aromatic carbocycles. The monoisotopic (exact) mass is 596 g/mol. The number of carbonyl (C=O) groups is 1. The second-order valence-corrected chi connectivity index (χ2v) is 11.8. The van der Waals surface area contributed by atoms with Gasteiger partial charge >= 0.3 is 12.5 Å². The Hall–Kier alpha value is -3.97. The second-order valence-electron chi connectivity index (χ2n) is 11.8. The summed E-state index contributed by atoms with van der Waals surface area (Å²) in [5.41, 5.74) is 1.83. The Kier molecular flexibility index (Phi) is 7.86. The second kappa shape index (κ2) is 11.6. The molecule has 228 valence electrons. The van der Waals surface area contributed by atoms with E-state index in [2.05, 4.69) is 38.7 Å². The number of piperidine rings is 1. The summed E-state index contributed by atoms with van der Waals surface area (Å²) in [7, 11) is 4.14. The first kappa shape index (κ1) is 29.1. The number of fused-ring (bicyclic) bond motifs is 1. The van der Waals surface area contributed by atoms with E-state index in [9.17, 15) is 13.6 Å². The zero-order valence-corrected chi connectivity index (χ0v) is 24.5. The minimum absolute atomic E-state index is 0.0459. The van der Waals surface area contributed by atoms with Gasteiger partial charge < -0.3 is 19.1 Å². The van der Waals surface area contributed by atoms with Crippen molar-refractivity contribution in [2.75, 3.05) is 58.3 Å². The summed E-state index contributed by atoms with van der Waals surface area (Å²) in [4.78, 5) is 22.0. The number of rotatable bonds is 6. The standard InChI is InChI=1S/C30H35F3N8O2/c1-30(9-11-37(2)12-10-30)41-25-6-4-5-24(22(25)18-34-41)40(29(42)39-15-13-38(3)14-16-39)19-21-8-7-20(17-23(21)31)27-35-36-28(43-27)26(32)33/h4-8,17-18,26H,9-16,19H2,1-3H3. The number of likely N-dealkylation sites (tertiary alicyclic amines) is 1. The summed E-state index contributed by atoms with van der Waals surface area (Å²) in [6, 6.07) is 9.78. The van der Waals surface area contributed by atoms with Crippen LogP contribution in [0.3, 0.4) is 0 Å². The number of carbonyl (C=O) groups excluding carboxylic acids is 1. The predicted octanol–water partition coefficient (Wildman–Crippen LogP) is 4.98. The number of alkyl halides is 2. The van der Waals surface area contributed by atoms with Gasteiger partial charge in [-0.15, -0.1) is 10.2 Å². The maximum absolute atomic E-state index is 15.6. The van der Waals surface area contributed by atoms with Gasteiger partial charge in [-0.2, -0.15) is 13.9 Å². The van der Waals surface area contributed by atoms with Crippen molar-refractivity contribution in [3.8, 4) is 11.5 Å². The topological polar surface area (TPSA) is 86.8 Å². The molecule has 0 N–H and O–H groups in total. The number of urea groups is 1. The molecule has 2 aliphatic rings. The quantitative estimate of drug-likeness (QED) is 0.311. The molecule has 2 fully saturated rings. The fourth-order valence-electron chi connectivity index (χ4n) is 5.86. The fraction of sp³-hybridized carbons (Fsp3) is 0.467. The average molecular weight is 597 g/mol. The van der Waals surface area contributed by atoms with E-state index in [-0.39, 0.29) is 35.1 Å². The van der Waals surface area contributed by atoms with E-state index in [0.717, 1.165) is 56.0 Å².